The smallest absolute Gasteiger partial charge is 0.245 e. The maximum atomic E-state index is 5.23. The molecule has 0 bridgehead atoms. The minimum absolute atomic E-state index is 0.567. The monoisotopic (exact) mass is 286 g/mol. The molecule has 0 aliphatic carbocycles. The molecule has 0 amide bonds. The zero-order valence-electron chi connectivity index (χ0n) is 12.5. The highest BCUT2D eigenvalue weighted by Gasteiger charge is 2.14. The van der Waals surface area contributed by atoms with Gasteiger partial charge >= 0.3 is 0 Å². The van der Waals surface area contributed by atoms with E-state index in [4.69, 9.17) is 4.52 Å². The Morgan fingerprint density at radius 3 is 2.76 bits per heavy atom. The van der Waals surface area contributed by atoms with E-state index in [1.54, 1.807) is 0 Å². The van der Waals surface area contributed by atoms with Gasteiger partial charge in [-0.15, -0.1) is 0 Å². The first kappa shape index (κ1) is 13.9. The molecule has 2 heterocycles. The minimum atomic E-state index is 0.567. The molecule has 5 nitrogen and oxygen atoms in total. The second-order valence-corrected chi connectivity index (χ2v) is 5.38. The first-order valence-corrected chi connectivity index (χ1v) is 7.76. The van der Waals surface area contributed by atoms with Gasteiger partial charge in [0.15, 0.2) is 5.82 Å². The highest BCUT2D eigenvalue weighted by molar-refractivity contribution is 5.70. The molecule has 0 saturated carbocycles. The summed E-state index contributed by atoms with van der Waals surface area (Å²) in [5.74, 6) is 1.40. The number of piperidine rings is 1. The van der Waals surface area contributed by atoms with Crippen LogP contribution in [0.1, 0.15) is 37.9 Å². The fourth-order valence-corrected chi connectivity index (χ4v) is 2.71. The highest BCUT2D eigenvalue weighted by atomic mass is 16.5. The predicted molar refractivity (Wildman–Crippen MR) is 83.5 cm³/mol. The lowest BCUT2D eigenvalue weighted by atomic mass is 10.1. The molecule has 5 heteroatoms. The third-order valence-corrected chi connectivity index (χ3v) is 3.86. The molecule has 0 spiro atoms. The average Bonchev–Trinajstić information content (AvgIpc) is 3.02. The average molecular weight is 286 g/mol. The Morgan fingerprint density at radius 2 is 2.00 bits per heavy atom. The van der Waals surface area contributed by atoms with Crippen molar-refractivity contribution < 1.29 is 4.52 Å². The number of benzene rings is 1. The maximum Gasteiger partial charge on any atom is 0.245 e. The Bertz CT molecular complexity index is 575. The summed E-state index contributed by atoms with van der Waals surface area (Å²) >= 11 is 0. The van der Waals surface area contributed by atoms with E-state index in [2.05, 4.69) is 44.6 Å². The quantitative estimate of drug-likeness (QED) is 0.914. The Labute approximate surface area is 125 Å². The molecule has 1 saturated heterocycles. The summed E-state index contributed by atoms with van der Waals surface area (Å²) in [6.07, 6.45) is 4.69. The maximum absolute atomic E-state index is 5.23. The van der Waals surface area contributed by atoms with Crippen LogP contribution in [-0.2, 0) is 13.0 Å². The summed E-state index contributed by atoms with van der Waals surface area (Å²) in [5.41, 5.74) is 2.41. The van der Waals surface area contributed by atoms with Crippen LogP contribution >= 0.6 is 0 Å². The molecule has 3 rings (SSSR count). The molecule has 21 heavy (non-hydrogen) atoms. The van der Waals surface area contributed by atoms with Gasteiger partial charge < -0.3 is 14.7 Å². The Balaban J connectivity index is 1.69. The third-order valence-electron chi connectivity index (χ3n) is 3.86. The predicted octanol–water partition coefficient (Wildman–Crippen LogP) is 3.23. The number of rotatable bonds is 5. The van der Waals surface area contributed by atoms with Crippen molar-refractivity contribution in [2.75, 3.05) is 23.3 Å². The van der Waals surface area contributed by atoms with Gasteiger partial charge in [-0.2, -0.15) is 4.98 Å². The lowest BCUT2D eigenvalue weighted by Gasteiger charge is -2.30. The minimum Gasteiger partial charge on any atom is -0.374 e. The molecule has 0 radical (unpaired) electrons. The van der Waals surface area contributed by atoms with E-state index in [9.17, 15) is 0 Å². The van der Waals surface area contributed by atoms with Crippen molar-refractivity contribution in [3.8, 4) is 0 Å². The number of hydrogen-bond acceptors (Lipinski definition) is 5. The molecular formula is C16H22N4O. The van der Waals surface area contributed by atoms with Crippen LogP contribution in [0.15, 0.2) is 28.8 Å². The lowest BCUT2D eigenvalue weighted by Crippen LogP contribution is -2.30. The van der Waals surface area contributed by atoms with Crippen LogP contribution in [0.25, 0.3) is 0 Å². The van der Waals surface area contributed by atoms with Gasteiger partial charge in [-0.25, -0.2) is 0 Å². The molecule has 0 unspecified atom stereocenters. The van der Waals surface area contributed by atoms with E-state index in [1.165, 1.54) is 24.9 Å². The van der Waals surface area contributed by atoms with Gasteiger partial charge in [0.25, 0.3) is 0 Å². The summed E-state index contributed by atoms with van der Waals surface area (Å²) in [6, 6.07) is 8.44. The standard InChI is InChI=1S/C16H22N4O/c1-2-15-18-16(21-19-15)12-17-13-8-4-5-9-14(13)20-10-6-3-7-11-20/h4-5,8-9,17H,2-3,6-7,10-12H2,1H3. The number of anilines is 2. The van der Waals surface area contributed by atoms with Crippen molar-refractivity contribution >= 4 is 11.4 Å². The number of aryl methyl sites for hydroxylation is 1. The zero-order chi connectivity index (χ0) is 14.5. The molecule has 1 aliphatic rings. The molecule has 1 aromatic heterocycles. The van der Waals surface area contributed by atoms with Crippen molar-refractivity contribution in [1.29, 1.82) is 0 Å². The van der Waals surface area contributed by atoms with E-state index in [0.29, 0.717) is 12.4 Å². The van der Waals surface area contributed by atoms with Gasteiger partial charge in [-0.05, 0) is 31.4 Å². The Morgan fingerprint density at radius 1 is 1.19 bits per heavy atom. The molecule has 1 N–H and O–H groups in total. The number of aromatic nitrogens is 2. The first-order valence-electron chi connectivity index (χ1n) is 7.76. The fourth-order valence-electron chi connectivity index (χ4n) is 2.71. The van der Waals surface area contributed by atoms with Gasteiger partial charge in [0.05, 0.1) is 17.9 Å². The van der Waals surface area contributed by atoms with Gasteiger partial charge in [-0.3, -0.25) is 0 Å². The van der Waals surface area contributed by atoms with Crippen molar-refractivity contribution in [3.05, 3.63) is 36.0 Å². The van der Waals surface area contributed by atoms with E-state index in [1.807, 2.05) is 6.92 Å². The number of hydrogen-bond donors (Lipinski definition) is 1. The van der Waals surface area contributed by atoms with Gasteiger partial charge in [-0.1, -0.05) is 24.2 Å². The van der Waals surface area contributed by atoms with Crippen LogP contribution in [0.2, 0.25) is 0 Å². The number of nitrogens with one attached hydrogen (secondary N) is 1. The van der Waals surface area contributed by atoms with Crippen LogP contribution in [-0.4, -0.2) is 23.2 Å². The molecular weight excluding hydrogens is 264 g/mol. The second kappa shape index (κ2) is 6.61. The van der Waals surface area contributed by atoms with Crippen LogP contribution in [0.4, 0.5) is 11.4 Å². The van der Waals surface area contributed by atoms with Crippen LogP contribution < -0.4 is 10.2 Å². The topological polar surface area (TPSA) is 54.2 Å². The van der Waals surface area contributed by atoms with E-state index in [-0.39, 0.29) is 0 Å². The van der Waals surface area contributed by atoms with Crippen LogP contribution in [0, 0.1) is 0 Å². The van der Waals surface area contributed by atoms with Crippen molar-refractivity contribution in [3.63, 3.8) is 0 Å². The first-order chi connectivity index (χ1) is 10.4. The molecule has 2 aromatic rings. The fraction of sp³-hybridized carbons (Fsp3) is 0.500. The number of para-hydroxylation sites is 2. The summed E-state index contributed by atoms with van der Waals surface area (Å²) in [4.78, 5) is 6.79. The third kappa shape index (κ3) is 3.35. The van der Waals surface area contributed by atoms with E-state index in [0.717, 1.165) is 31.0 Å². The molecule has 1 aliphatic heterocycles. The SMILES string of the molecule is CCc1noc(CNc2ccccc2N2CCCCC2)n1. The second-order valence-electron chi connectivity index (χ2n) is 5.38. The molecule has 112 valence electrons. The summed E-state index contributed by atoms with van der Waals surface area (Å²) in [6.45, 7) is 4.87. The number of nitrogens with zero attached hydrogens (tertiary/aromatic N) is 3. The molecule has 1 aromatic carbocycles. The highest BCUT2D eigenvalue weighted by Crippen LogP contribution is 2.28. The summed E-state index contributed by atoms with van der Waals surface area (Å²) in [7, 11) is 0. The lowest BCUT2D eigenvalue weighted by molar-refractivity contribution is 0.378. The zero-order valence-corrected chi connectivity index (χ0v) is 12.5. The van der Waals surface area contributed by atoms with Crippen molar-refractivity contribution in [2.24, 2.45) is 0 Å². The van der Waals surface area contributed by atoms with Crippen molar-refractivity contribution in [1.82, 2.24) is 10.1 Å². The van der Waals surface area contributed by atoms with Gasteiger partial charge in [0.2, 0.25) is 5.89 Å². The van der Waals surface area contributed by atoms with E-state index < -0.39 is 0 Å². The van der Waals surface area contributed by atoms with Crippen LogP contribution in [0.5, 0.6) is 0 Å². The largest absolute Gasteiger partial charge is 0.374 e. The summed E-state index contributed by atoms with van der Waals surface area (Å²) < 4.78 is 5.23. The Hall–Kier alpha value is -2.04. The van der Waals surface area contributed by atoms with Gasteiger partial charge in [0, 0.05) is 19.5 Å². The van der Waals surface area contributed by atoms with E-state index >= 15 is 0 Å². The normalized spacial score (nSPS) is 15.2. The Kier molecular flexibility index (Phi) is 4.38. The van der Waals surface area contributed by atoms with Crippen LogP contribution in [0.3, 0.4) is 0 Å². The van der Waals surface area contributed by atoms with Gasteiger partial charge in [0.1, 0.15) is 0 Å². The van der Waals surface area contributed by atoms with Crippen molar-refractivity contribution in [2.45, 2.75) is 39.2 Å². The summed E-state index contributed by atoms with van der Waals surface area (Å²) in [5, 5.41) is 7.35. The molecule has 1 fully saturated rings. The molecule has 0 atom stereocenters.